The lowest BCUT2D eigenvalue weighted by Crippen LogP contribution is -2.16. The smallest absolute Gasteiger partial charge is 0.340 e. The Morgan fingerprint density at radius 3 is 2.95 bits per heavy atom. The third kappa shape index (κ3) is 2.66. The van der Waals surface area contributed by atoms with E-state index >= 15 is 0 Å². The first kappa shape index (κ1) is 14.1. The molecule has 0 aliphatic heterocycles. The summed E-state index contributed by atoms with van der Waals surface area (Å²) in [4.78, 5) is 24.6. The lowest BCUT2D eigenvalue weighted by molar-refractivity contribution is 0.0527. The number of carbonyl (C=O) groups is 2. The van der Waals surface area contributed by atoms with Crippen LogP contribution < -0.4 is 5.32 Å². The Bertz CT molecular complexity index is 812. The van der Waals surface area contributed by atoms with E-state index in [-0.39, 0.29) is 11.6 Å². The van der Waals surface area contributed by atoms with Crippen molar-refractivity contribution in [2.75, 3.05) is 11.9 Å². The fourth-order valence-corrected chi connectivity index (χ4v) is 2.52. The minimum atomic E-state index is -0.489. The highest BCUT2D eigenvalue weighted by atomic mass is 32.1. The number of benzene rings is 1. The van der Waals surface area contributed by atoms with Gasteiger partial charge in [0.25, 0.3) is 5.91 Å². The first-order valence-electron chi connectivity index (χ1n) is 6.43. The molecule has 0 saturated heterocycles. The molecule has 0 spiro atoms. The molecule has 2 aromatic heterocycles. The van der Waals surface area contributed by atoms with Crippen LogP contribution in [0.15, 0.2) is 30.6 Å². The SMILES string of the molecule is CCOC(=O)c1ccccc1NC(=O)c1nn2cnnc2s1. The predicted molar refractivity (Wildman–Crippen MR) is 79.0 cm³/mol. The van der Waals surface area contributed by atoms with Crippen LogP contribution in [0.3, 0.4) is 0 Å². The molecule has 0 aliphatic rings. The minimum absolute atomic E-state index is 0.226. The number of rotatable bonds is 4. The van der Waals surface area contributed by atoms with Crippen molar-refractivity contribution in [2.45, 2.75) is 6.92 Å². The van der Waals surface area contributed by atoms with Gasteiger partial charge in [0.05, 0.1) is 17.9 Å². The van der Waals surface area contributed by atoms with Crippen LogP contribution in [0.4, 0.5) is 5.69 Å². The Morgan fingerprint density at radius 1 is 1.36 bits per heavy atom. The highest BCUT2D eigenvalue weighted by molar-refractivity contribution is 7.18. The summed E-state index contributed by atoms with van der Waals surface area (Å²) < 4.78 is 6.38. The van der Waals surface area contributed by atoms with Gasteiger partial charge in [0.1, 0.15) is 6.33 Å². The van der Waals surface area contributed by atoms with Gasteiger partial charge in [-0.05, 0) is 19.1 Å². The summed E-state index contributed by atoms with van der Waals surface area (Å²) in [6.07, 6.45) is 1.41. The Morgan fingerprint density at radius 2 is 2.18 bits per heavy atom. The zero-order valence-electron chi connectivity index (χ0n) is 11.5. The number of anilines is 1. The lowest BCUT2D eigenvalue weighted by atomic mass is 10.2. The largest absolute Gasteiger partial charge is 0.462 e. The van der Waals surface area contributed by atoms with E-state index in [2.05, 4.69) is 20.6 Å². The van der Waals surface area contributed by atoms with Gasteiger partial charge in [-0.3, -0.25) is 4.79 Å². The minimum Gasteiger partial charge on any atom is -0.462 e. The second-order valence-electron chi connectivity index (χ2n) is 4.19. The molecular weight excluding hydrogens is 306 g/mol. The van der Waals surface area contributed by atoms with E-state index in [0.717, 1.165) is 11.3 Å². The maximum absolute atomic E-state index is 12.2. The van der Waals surface area contributed by atoms with E-state index in [1.54, 1.807) is 31.2 Å². The van der Waals surface area contributed by atoms with Crippen LogP contribution in [0.5, 0.6) is 0 Å². The van der Waals surface area contributed by atoms with Gasteiger partial charge < -0.3 is 10.1 Å². The van der Waals surface area contributed by atoms with Crippen LogP contribution in [0.2, 0.25) is 0 Å². The molecule has 9 heteroatoms. The van der Waals surface area contributed by atoms with Crippen molar-refractivity contribution in [1.82, 2.24) is 19.8 Å². The van der Waals surface area contributed by atoms with E-state index < -0.39 is 11.9 Å². The summed E-state index contributed by atoms with van der Waals surface area (Å²) in [6.45, 7) is 1.98. The fourth-order valence-electron chi connectivity index (χ4n) is 1.81. The van der Waals surface area contributed by atoms with Crippen LogP contribution in [0.1, 0.15) is 27.1 Å². The average Bonchev–Trinajstić information content (AvgIpc) is 3.09. The molecule has 2 heterocycles. The summed E-state index contributed by atoms with van der Waals surface area (Å²) in [7, 11) is 0. The highest BCUT2D eigenvalue weighted by Gasteiger charge is 2.18. The zero-order chi connectivity index (χ0) is 15.5. The number of aromatic nitrogens is 4. The third-order valence-electron chi connectivity index (χ3n) is 2.75. The number of fused-ring (bicyclic) bond motifs is 1. The lowest BCUT2D eigenvalue weighted by Gasteiger charge is -2.08. The van der Waals surface area contributed by atoms with Crippen LogP contribution in [-0.2, 0) is 4.74 Å². The number of carbonyl (C=O) groups excluding carboxylic acids is 2. The molecule has 0 bridgehead atoms. The van der Waals surface area contributed by atoms with Crippen LogP contribution in [0.25, 0.3) is 4.96 Å². The molecule has 8 nitrogen and oxygen atoms in total. The Hall–Kier alpha value is -2.81. The number of amides is 1. The molecule has 22 heavy (non-hydrogen) atoms. The second kappa shape index (κ2) is 5.90. The van der Waals surface area contributed by atoms with Crippen LogP contribution in [-0.4, -0.2) is 38.3 Å². The number of nitrogens with zero attached hydrogens (tertiary/aromatic N) is 4. The van der Waals surface area contributed by atoms with E-state index in [4.69, 9.17) is 4.74 Å². The van der Waals surface area contributed by atoms with Crippen molar-refractivity contribution < 1.29 is 14.3 Å². The van der Waals surface area contributed by atoms with Crippen LogP contribution >= 0.6 is 11.3 Å². The van der Waals surface area contributed by atoms with Crippen molar-refractivity contribution in [3.63, 3.8) is 0 Å². The summed E-state index contributed by atoms with van der Waals surface area (Å²) in [5.74, 6) is -0.913. The van der Waals surface area contributed by atoms with Gasteiger partial charge in [0.15, 0.2) is 0 Å². The quantitative estimate of drug-likeness (QED) is 0.734. The Kier molecular flexibility index (Phi) is 3.79. The van der Waals surface area contributed by atoms with Gasteiger partial charge in [0, 0.05) is 0 Å². The van der Waals surface area contributed by atoms with Gasteiger partial charge in [-0.1, -0.05) is 23.5 Å². The molecule has 1 aromatic carbocycles. The molecule has 3 aromatic rings. The topological polar surface area (TPSA) is 98.5 Å². The van der Waals surface area contributed by atoms with Gasteiger partial charge in [-0.15, -0.1) is 15.3 Å². The van der Waals surface area contributed by atoms with Crippen molar-refractivity contribution in [3.8, 4) is 0 Å². The molecule has 0 aliphatic carbocycles. The van der Waals surface area contributed by atoms with Gasteiger partial charge in [0.2, 0.25) is 9.97 Å². The maximum Gasteiger partial charge on any atom is 0.340 e. The number of ether oxygens (including phenoxy) is 1. The van der Waals surface area contributed by atoms with Crippen molar-refractivity contribution in [1.29, 1.82) is 0 Å². The monoisotopic (exact) mass is 317 g/mol. The Labute approximate surface area is 128 Å². The number of nitrogens with one attached hydrogen (secondary N) is 1. The number of hydrogen-bond donors (Lipinski definition) is 1. The molecule has 0 unspecified atom stereocenters. The van der Waals surface area contributed by atoms with E-state index in [1.807, 2.05) is 0 Å². The molecule has 1 amide bonds. The molecule has 1 N–H and O–H groups in total. The molecule has 0 atom stereocenters. The normalized spacial score (nSPS) is 10.6. The molecule has 112 valence electrons. The standard InChI is InChI=1S/C13H11N5O3S/c1-2-21-12(20)8-5-3-4-6-9(8)15-10(19)11-17-18-7-14-16-13(18)22-11/h3-7H,2H2,1H3,(H,15,19). The number of esters is 1. The summed E-state index contributed by atoms with van der Waals surface area (Å²) in [5.41, 5.74) is 0.664. The van der Waals surface area contributed by atoms with Gasteiger partial charge in [-0.25, -0.2) is 4.79 Å². The first-order valence-corrected chi connectivity index (χ1v) is 7.25. The molecule has 0 saturated carbocycles. The van der Waals surface area contributed by atoms with Crippen LogP contribution in [0, 0.1) is 0 Å². The van der Waals surface area contributed by atoms with Crippen molar-refractivity contribution in [2.24, 2.45) is 0 Å². The molecule has 0 radical (unpaired) electrons. The summed E-state index contributed by atoms with van der Waals surface area (Å²) in [6, 6.07) is 6.64. The number of para-hydroxylation sites is 1. The second-order valence-corrected chi connectivity index (χ2v) is 5.14. The highest BCUT2D eigenvalue weighted by Crippen LogP contribution is 2.19. The van der Waals surface area contributed by atoms with E-state index in [9.17, 15) is 9.59 Å². The van der Waals surface area contributed by atoms with E-state index in [1.165, 1.54) is 10.8 Å². The van der Waals surface area contributed by atoms with Gasteiger partial charge >= 0.3 is 5.97 Å². The van der Waals surface area contributed by atoms with Crippen molar-refractivity contribution in [3.05, 3.63) is 41.2 Å². The van der Waals surface area contributed by atoms with E-state index in [0.29, 0.717) is 16.2 Å². The zero-order valence-corrected chi connectivity index (χ0v) is 12.3. The molecule has 3 rings (SSSR count). The average molecular weight is 317 g/mol. The molecule has 0 fully saturated rings. The predicted octanol–water partition coefficient (Wildman–Crippen LogP) is 1.61. The third-order valence-corrected chi connectivity index (χ3v) is 3.66. The maximum atomic E-state index is 12.2. The first-order chi connectivity index (χ1) is 10.7. The summed E-state index contributed by atoms with van der Waals surface area (Å²) in [5, 5.41) is 14.4. The number of hydrogen-bond acceptors (Lipinski definition) is 7. The fraction of sp³-hybridized carbons (Fsp3) is 0.154. The molecular formula is C13H11N5O3S. The van der Waals surface area contributed by atoms with Gasteiger partial charge in [-0.2, -0.15) is 4.52 Å². The summed E-state index contributed by atoms with van der Waals surface area (Å²) >= 11 is 1.11. The Balaban J connectivity index is 1.84. The van der Waals surface area contributed by atoms with Crippen molar-refractivity contribution >= 4 is 33.9 Å².